The number of alkyl halides is 3. The Balaban J connectivity index is 1.92. The summed E-state index contributed by atoms with van der Waals surface area (Å²) in [5, 5.41) is 9.02. The van der Waals surface area contributed by atoms with E-state index in [2.05, 4.69) is 4.74 Å². The van der Waals surface area contributed by atoms with E-state index < -0.39 is 12.1 Å². The number of halogens is 3. The van der Waals surface area contributed by atoms with E-state index in [9.17, 15) is 13.2 Å². The number of hydrogen-bond donors (Lipinski definition) is 0. The molecule has 3 aromatic carbocycles. The number of rotatable bonds is 5. The Bertz CT molecular complexity index is 963. The molecule has 0 saturated carbocycles. The van der Waals surface area contributed by atoms with Crippen LogP contribution in [-0.4, -0.2) is 6.36 Å². The molecule has 0 atom stereocenters. The highest BCUT2D eigenvalue weighted by atomic mass is 19.4. The van der Waals surface area contributed by atoms with Crippen molar-refractivity contribution in [1.82, 2.24) is 0 Å². The molecular weight excluding hydrogens is 355 g/mol. The van der Waals surface area contributed by atoms with Crippen molar-refractivity contribution >= 4 is 0 Å². The molecule has 0 unspecified atom stereocenters. The summed E-state index contributed by atoms with van der Waals surface area (Å²) in [6.07, 6.45) is -4.88. The molecule has 0 amide bonds. The third kappa shape index (κ3) is 4.79. The van der Waals surface area contributed by atoms with Gasteiger partial charge in [-0.25, -0.2) is 0 Å². The number of hydrogen-bond acceptors (Lipinski definition) is 3. The van der Waals surface area contributed by atoms with Gasteiger partial charge in [0.05, 0.1) is 5.56 Å². The minimum atomic E-state index is -4.88. The van der Waals surface area contributed by atoms with Crippen LogP contribution >= 0.6 is 0 Å². The monoisotopic (exact) mass is 369 g/mol. The maximum atomic E-state index is 12.6. The summed E-state index contributed by atoms with van der Waals surface area (Å²) in [6, 6.07) is 22.3. The summed E-state index contributed by atoms with van der Waals surface area (Å²) in [6.45, 7) is 0.319. The summed E-state index contributed by atoms with van der Waals surface area (Å²) in [7, 11) is 0. The molecule has 6 heteroatoms. The van der Waals surface area contributed by atoms with Crippen molar-refractivity contribution in [2.45, 2.75) is 13.0 Å². The normalized spacial score (nSPS) is 10.9. The number of para-hydroxylation sites is 1. The molecule has 136 valence electrons. The van der Waals surface area contributed by atoms with Crippen LogP contribution < -0.4 is 9.47 Å². The van der Waals surface area contributed by atoms with Crippen LogP contribution in [0.25, 0.3) is 11.1 Å². The molecule has 3 nitrogen and oxygen atoms in total. The molecule has 0 aliphatic heterocycles. The number of nitrogens with zero attached hydrogens (tertiary/aromatic N) is 1. The first-order chi connectivity index (χ1) is 13.0. The average Bonchev–Trinajstić information content (AvgIpc) is 2.66. The molecular formula is C21H14F3NO2. The smallest absolute Gasteiger partial charge is 0.488 e. The predicted molar refractivity (Wildman–Crippen MR) is 94.1 cm³/mol. The van der Waals surface area contributed by atoms with E-state index in [0.29, 0.717) is 23.5 Å². The van der Waals surface area contributed by atoms with Crippen LogP contribution in [0.5, 0.6) is 11.5 Å². The molecule has 0 bridgehead atoms. The quantitative estimate of drug-likeness (QED) is 0.579. The Morgan fingerprint density at radius 3 is 2.26 bits per heavy atom. The highest BCUT2D eigenvalue weighted by Crippen LogP contribution is 2.35. The van der Waals surface area contributed by atoms with E-state index in [1.54, 1.807) is 36.4 Å². The first-order valence-electron chi connectivity index (χ1n) is 8.02. The maximum absolute atomic E-state index is 12.6. The van der Waals surface area contributed by atoms with Gasteiger partial charge in [0.2, 0.25) is 0 Å². The third-order valence-corrected chi connectivity index (χ3v) is 3.76. The lowest BCUT2D eigenvalue weighted by Crippen LogP contribution is -2.17. The Morgan fingerprint density at radius 2 is 1.56 bits per heavy atom. The van der Waals surface area contributed by atoms with Gasteiger partial charge in [0.1, 0.15) is 24.2 Å². The van der Waals surface area contributed by atoms with Gasteiger partial charge in [0, 0.05) is 5.56 Å². The zero-order valence-electron chi connectivity index (χ0n) is 14.0. The minimum Gasteiger partial charge on any atom is -0.488 e. The lowest BCUT2D eigenvalue weighted by molar-refractivity contribution is -0.274. The predicted octanol–water partition coefficient (Wildman–Crippen LogP) is 5.70. The zero-order chi connectivity index (χ0) is 19.3. The molecule has 0 aliphatic carbocycles. The maximum Gasteiger partial charge on any atom is 0.573 e. The van der Waals surface area contributed by atoms with Crippen molar-refractivity contribution in [2.75, 3.05) is 0 Å². The van der Waals surface area contributed by atoms with Gasteiger partial charge < -0.3 is 9.47 Å². The minimum absolute atomic E-state index is 0.196. The second kappa shape index (κ2) is 7.83. The molecule has 0 aromatic heterocycles. The van der Waals surface area contributed by atoms with Gasteiger partial charge in [-0.15, -0.1) is 13.2 Å². The molecule has 0 spiro atoms. The van der Waals surface area contributed by atoms with Gasteiger partial charge in [-0.3, -0.25) is 0 Å². The van der Waals surface area contributed by atoms with Crippen LogP contribution in [0.2, 0.25) is 0 Å². The molecule has 0 aliphatic rings. The third-order valence-electron chi connectivity index (χ3n) is 3.76. The highest BCUT2D eigenvalue weighted by Gasteiger charge is 2.32. The van der Waals surface area contributed by atoms with Crippen LogP contribution in [-0.2, 0) is 6.61 Å². The van der Waals surface area contributed by atoms with Crippen molar-refractivity contribution in [3.05, 3.63) is 83.9 Å². The highest BCUT2D eigenvalue weighted by molar-refractivity contribution is 5.72. The molecule has 27 heavy (non-hydrogen) atoms. The molecule has 0 N–H and O–H groups in total. The zero-order valence-corrected chi connectivity index (χ0v) is 14.0. The first-order valence-corrected chi connectivity index (χ1v) is 8.02. The molecule has 0 fully saturated rings. The second-order valence-electron chi connectivity index (χ2n) is 5.64. The topological polar surface area (TPSA) is 42.2 Å². The summed E-state index contributed by atoms with van der Waals surface area (Å²) >= 11 is 0. The van der Waals surface area contributed by atoms with Gasteiger partial charge >= 0.3 is 6.36 Å². The summed E-state index contributed by atoms with van der Waals surface area (Å²) in [4.78, 5) is 0. The fraction of sp³-hybridized carbons (Fsp3) is 0.0952. The molecule has 0 saturated heterocycles. The van der Waals surface area contributed by atoms with Crippen molar-refractivity contribution in [3.63, 3.8) is 0 Å². The van der Waals surface area contributed by atoms with Gasteiger partial charge in [-0.1, -0.05) is 54.6 Å². The van der Waals surface area contributed by atoms with Gasteiger partial charge in [0.15, 0.2) is 0 Å². The fourth-order valence-electron chi connectivity index (χ4n) is 2.56. The van der Waals surface area contributed by atoms with Gasteiger partial charge in [0.25, 0.3) is 0 Å². The lowest BCUT2D eigenvalue weighted by Gasteiger charge is -2.14. The largest absolute Gasteiger partial charge is 0.573 e. The fourth-order valence-corrected chi connectivity index (χ4v) is 2.56. The van der Waals surface area contributed by atoms with Gasteiger partial charge in [-0.05, 0) is 29.3 Å². The number of benzene rings is 3. The van der Waals surface area contributed by atoms with E-state index in [0.717, 1.165) is 5.56 Å². The summed E-state index contributed by atoms with van der Waals surface area (Å²) in [5.74, 6) is -0.0237. The lowest BCUT2D eigenvalue weighted by atomic mass is 10.0. The SMILES string of the molecule is N#Cc1ccc(-c2ccccc2OCc2ccccc2)cc1OC(F)(F)F. The second-order valence-corrected chi connectivity index (χ2v) is 5.64. The van der Waals surface area contributed by atoms with E-state index in [4.69, 9.17) is 10.00 Å². The van der Waals surface area contributed by atoms with E-state index >= 15 is 0 Å². The van der Waals surface area contributed by atoms with Crippen molar-refractivity contribution in [1.29, 1.82) is 5.26 Å². The Kier molecular flexibility index (Phi) is 5.32. The molecule has 0 heterocycles. The van der Waals surface area contributed by atoms with Crippen LogP contribution in [0, 0.1) is 11.3 Å². The van der Waals surface area contributed by atoms with Gasteiger partial charge in [-0.2, -0.15) is 5.26 Å². The van der Waals surface area contributed by atoms with E-state index in [-0.39, 0.29) is 5.56 Å². The summed E-state index contributed by atoms with van der Waals surface area (Å²) in [5.41, 5.74) is 1.83. The molecule has 0 radical (unpaired) electrons. The number of nitriles is 1. The first kappa shape index (κ1) is 18.3. The Labute approximate surface area is 154 Å². The van der Waals surface area contributed by atoms with Crippen LogP contribution in [0.4, 0.5) is 13.2 Å². The average molecular weight is 369 g/mol. The van der Waals surface area contributed by atoms with E-state index in [1.165, 1.54) is 12.1 Å². The Hall–Kier alpha value is -3.46. The molecule has 3 rings (SSSR count). The van der Waals surface area contributed by atoms with E-state index in [1.807, 2.05) is 30.3 Å². The summed E-state index contributed by atoms with van der Waals surface area (Å²) < 4.78 is 47.7. The van der Waals surface area contributed by atoms with Crippen molar-refractivity contribution in [3.8, 4) is 28.7 Å². The van der Waals surface area contributed by atoms with Crippen LogP contribution in [0.15, 0.2) is 72.8 Å². The van der Waals surface area contributed by atoms with Crippen LogP contribution in [0.1, 0.15) is 11.1 Å². The number of ether oxygens (including phenoxy) is 2. The van der Waals surface area contributed by atoms with Crippen LogP contribution in [0.3, 0.4) is 0 Å². The van der Waals surface area contributed by atoms with Crippen molar-refractivity contribution in [2.24, 2.45) is 0 Å². The standard InChI is InChI=1S/C21H14F3NO2/c22-21(23,24)27-20-12-16(10-11-17(20)13-25)18-8-4-5-9-19(18)26-14-15-6-2-1-3-7-15/h1-12H,14H2. The Morgan fingerprint density at radius 1 is 0.852 bits per heavy atom. The molecule has 3 aromatic rings. The van der Waals surface area contributed by atoms with Crippen molar-refractivity contribution < 1.29 is 22.6 Å².